The van der Waals surface area contributed by atoms with Crippen LogP contribution in [0.15, 0.2) is 0 Å². The average Bonchev–Trinajstić information content (AvgIpc) is 2.38. The first-order chi connectivity index (χ1) is 5.36. The largest absolute Gasteiger partial charge is 0.0651 e. The molecule has 0 nitrogen and oxygen atoms in total. The van der Waals surface area contributed by atoms with Crippen LogP contribution in [0, 0.1) is 11.8 Å². The van der Waals surface area contributed by atoms with Gasteiger partial charge in [0.1, 0.15) is 0 Å². The molecule has 1 fully saturated rings. The summed E-state index contributed by atoms with van der Waals surface area (Å²) in [6, 6.07) is 0. The van der Waals surface area contributed by atoms with E-state index < -0.39 is 0 Å². The molecule has 1 aliphatic carbocycles. The molecular weight excluding hydrogens is 108 g/mol. The van der Waals surface area contributed by atoms with Gasteiger partial charge in [0.15, 0.2) is 0 Å². The Bertz CT molecular complexity index is 91.7. The van der Waals surface area contributed by atoms with Gasteiger partial charge in [-0.1, -0.05) is 39.5 Å². The molecule has 1 aliphatic rings. The minimum atomic E-state index is 0.595. The third-order valence-electron chi connectivity index (χ3n) is 2.47. The van der Waals surface area contributed by atoms with Gasteiger partial charge in [-0.05, 0) is 18.3 Å². The first kappa shape index (κ1) is 4.76. The molecule has 0 N–H and O–H groups in total. The maximum absolute atomic E-state index is 7.10. The van der Waals surface area contributed by atoms with Crippen LogP contribution >= 0.6 is 0 Å². The Balaban J connectivity index is 2.12. The van der Waals surface area contributed by atoms with Crippen molar-refractivity contribution in [3.05, 3.63) is 0 Å². The molecule has 0 aromatic heterocycles. The molecule has 0 spiro atoms. The highest BCUT2D eigenvalue weighted by Crippen LogP contribution is 2.34. The summed E-state index contributed by atoms with van der Waals surface area (Å²) in [4.78, 5) is 0. The van der Waals surface area contributed by atoms with E-state index in [4.69, 9.17) is 2.74 Å². The summed E-state index contributed by atoms with van der Waals surface area (Å²) >= 11 is 0. The van der Waals surface area contributed by atoms with Gasteiger partial charge >= 0.3 is 0 Å². The Kier molecular flexibility index (Phi) is 1.71. The molecule has 1 saturated carbocycles. The van der Waals surface area contributed by atoms with E-state index in [0.29, 0.717) is 13.8 Å². The van der Waals surface area contributed by atoms with Crippen LogP contribution in [0.4, 0.5) is 0 Å². The molecule has 0 radical (unpaired) electrons. The zero-order valence-corrected chi connectivity index (χ0v) is 6.10. The molecular formula is C9H18. The molecule has 2 unspecified atom stereocenters. The van der Waals surface area contributed by atoms with Crippen molar-refractivity contribution in [1.29, 1.82) is 0 Å². The average molecular weight is 128 g/mol. The van der Waals surface area contributed by atoms with Gasteiger partial charge in [0.25, 0.3) is 0 Å². The maximum atomic E-state index is 7.10. The normalized spacial score (nSPS) is 38.2. The topological polar surface area (TPSA) is 0 Å². The van der Waals surface area contributed by atoms with Gasteiger partial charge < -0.3 is 0 Å². The van der Waals surface area contributed by atoms with E-state index in [1.54, 1.807) is 0 Å². The molecule has 1 rings (SSSR count). The van der Waals surface area contributed by atoms with Crippen LogP contribution in [0.1, 0.15) is 48.6 Å². The number of hydrogen-bond acceptors (Lipinski definition) is 0. The highest BCUT2D eigenvalue weighted by atomic mass is 14.3. The highest BCUT2D eigenvalue weighted by molar-refractivity contribution is 4.73. The maximum Gasteiger partial charge on any atom is 0.0230 e. The van der Waals surface area contributed by atoms with Crippen molar-refractivity contribution >= 4 is 0 Å². The van der Waals surface area contributed by atoms with Crippen molar-refractivity contribution in [3.8, 4) is 0 Å². The van der Waals surface area contributed by atoms with E-state index in [0.717, 1.165) is 24.7 Å². The second-order valence-electron chi connectivity index (χ2n) is 3.12. The van der Waals surface area contributed by atoms with Gasteiger partial charge in [-0.25, -0.2) is 0 Å². The van der Waals surface area contributed by atoms with E-state index >= 15 is 0 Å². The number of hydrogen-bond donors (Lipinski definition) is 0. The lowest BCUT2D eigenvalue weighted by atomic mass is 10.0. The van der Waals surface area contributed by atoms with Crippen LogP contribution in [0.25, 0.3) is 0 Å². The third kappa shape index (κ3) is 1.70. The van der Waals surface area contributed by atoms with Crippen LogP contribution in [0.3, 0.4) is 0 Å². The third-order valence-corrected chi connectivity index (χ3v) is 2.47. The summed E-state index contributed by atoms with van der Waals surface area (Å²) in [6.07, 6.45) is 6.13. The Morgan fingerprint density at radius 2 is 1.78 bits per heavy atom. The standard InChI is InChI=1S/C9H18/c1-3-8-5-6-9(4-2)7-8/h8-9H,3-7H2,1-2H3/i1D,2D. The van der Waals surface area contributed by atoms with Crippen LogP contribution in [-0.4, -0.2) is 0 Å². The lowest BCUT2D eigenvalue weighted by Gasteiger charge is -2.05. The van der Waals surface area contributed by atoms with Crippen LogP contribution in [0.2, 0.25) is 0 Å². The van der Waals surface area contributed by atoms with E-state index in [2.05, 4.69) is 0 Å². The van der Waals surface area contributed by atoms with Crippen LogP contribution in [-0.2, 0) is 0 Å². The SMILES string of the molecule is [2H]CCC1CCC(CC[2H])C1. The predicted octanol–water partition coefficient (Wildman–Crippen LogP) is 3.22. The molecule has 0 aromatic rings. The summed E-state index contributed by atoms with van der Waals surface area (Å²) in [5.41, 5.74) is 0. The predicted molar refractivity (Wildman–Crippen MR) is 41.4 cm³/mol. The zero-order chi connectivity index (χ0) is 8.10. The Hall–Kier alpha value is 0. The fourth-order valence-corrected chi connectivity index (χ4v) is 1.70. The summed E-state index contributed by atoms with van der Waals surface area (Å²) < 4.78 is 14.2. The zero-order valence-electron chi connectivity index (χ0n) is 8.10. The molecule has 0 heteroatoms. The minimum absolute atomic E-state index is 0.595. The lowest BCUT2D eigenvalue weighted by molar-refractivity contribution is 0.471. The Labute approximate surface area is 61.5 Å². The van der Waals surface area contributed by atoms with Gasteiger partial charge in [0.2, 0.25) is 0 Å². The number of rotatable bonds is 2. The second kappa shape index (κ2) is 3.24. The lowest BCUT2D eigenvalue weighted by Crippen LogP contribution is -1.92. The summed E-state index contributed by atoms with van der Waals surface area (Å²) in [6.45, 7) is 1.19. The molecule has 0 heterocycles. The van der Waals surface area contributed by atoms with Crippen molar-refractivity contribution in [3.63, 3.8) is 0 Å². The second-order valence-corrected chi connectivity index (χ2v) is 3.12. The summed E-state index contributed by atoms with van der Waals surface area (Å²) in [5.74, 6) is 1.65. The van der Waals surface area contributed by atoms with Gasteiger partial charge in [-0.2, -0.15) is 0 Å². The van der Waals surface area contributed by atoms with Gasteiger partial charge in [0.05, 0.1) is 0 Å². The molecule has 0 aromatic carbocycles. The molecule has 0 saturated heterocycles. The van der Waals surface area contributed by atoms with Crippen LogP contribution in [0.5, 0.6) is 0 Å². The highest BCUT2D eigenvalue weighted by Gasteiger charge is 2.20. The van der Waals surface area contributed by atoms with Gasteiger partial charge in [-0.15, -0.1) is 0 Å². The molecule has 9 heavy (non-hydrogen) atoms. The van der Waals surface area contributed by atoms with Crippen molar-refractivity contribution in [2.24, 2.45) is 11.8 Å². The molecule has 54 valence electrons. The molecule has 0 bridgehead atoms. The monoisotopic (exact) mass is 128 g/mol. The van der Waals surface area contributed by atoms with E-state index in [-0.39, 0.29) is 0 Å². The van der Waals surface area contributed by atoms with E-state index in [9.17, 15) is 0 Å². The summed E-state index contributed by atoms with van der Waals surface area (Å²) in [7, 11) is 0. The molecule has 0 aliphatic heterocycles. The fraction of sp³-hybridized carbons (Fsp3) is 1.00. The quantitative estimate of drug-likeness (QED) is 0.535. The summed E-state index contributed by atoms with van der Waals surface area (Å²) in [5, 5.41) is 0. The van der Waals surface area contributed by atoms with E-state index in [1.807, 2.05) is 0 Å². The van der Waals surface area contributed by atoms with Crippen molar-refractivity contribution in [2.75, 3.05) is 0 Å². The van der Waals surface area contributed by atoms with Crippen molar-refractivity contribution < 1.29 is 2.74 Å². The van der Waals surface area contributed by atoms with Crippen molar-refractivity contribution in [1.82, 2.24) is 0 Å². The van der Waals surface area contributed by atoms with E-state index in [1.165, 1.54) is 19.3 Å². The fourth-order valence-electron chi connectivity index (χ4n) is 1.70. The minimum Gasteiger partial charge on any atom is -0.0651 e. The molecule has 2 atom stereocenters. The Morgan fingerprint density at radius 3 is 2.22 bits per heavy atom. The van der Waals surface area contributed by atoms with Crippen LogP contribution < -0.4 is 0 Å². The van der Waals surface area contributed by atoms with Crippen molar-refractivity contribution in [2.45, 2.75) is 45.9 Å². The Morgan fingerprint density at radius 1 is 1.22 bits per heavy atom. The van der Waals surface area contributed by atoms with Gasteiger partial charge in [0, 0.05) is 2.74 Å². The first-order valence-corrected chi connectivity index (χ1v) is 3.95. The smallest absolute Gasteiger partial charge is 0.0230 e. The molecule has 0 amide bonds. The van der Waals surface area contributed by atoms with Gasteiger partial charge in [-0.3, -0.25) is 0 Å². The first-order valence-electron chi connectivity index (χ1n) is 5.36.